The molecule has 1 heterocycles. The van der Waals surface area contributed by atoms with E-state index >= 15 is 0 Å². The normalized spacial score (nSPS) is 21.8. The molecule has 0 bridgehead atoms. The standard InChI is InChI=1S/C14H30N2/c1-3-5-12-16-13-7-9-14(16)8-6-11-15-10-4-2/h14-15H,3-13H2,1-2H3/t14-/m1/s1. The van der Waals surface area contributed by atoms with Gasteiger partial charge in [0.1, 0.15) is 0 Å². The summed E-state index contributed by atoms with van der Waals surface area (Å²) < 4.78 is 0. The van der Waals surface area contributed by atoms with E-state index in [4.69, 9.17) is 0 Å². The molecule has 1 atom stereocenters. The van der Waals surface area contributed by atoms with Crippen LogP contribution in [0.15, 0.2) is 0 Å². The molecule has 0 spiro atoms. The fraction of sp³-hybridized carbons (Fsp3) is 1.00. The summed E-state index contributed by atoms with van der Waals surface area (Å²) in [6, 6.07) is 0.898. The number of hydrogen-bond acceptors (Lipinski definition) is 2. The van der Waals surface area contributed by atoms with Crippen LogP contribution in [0.1, 0.15) is 58.8 Å². The first-order valence-corrected chi connectivity index (χ1v) is 7.33. The minimum absolute atomic E-state index is 0.898. The van der Waals surface area contributed by atoms with Gasteiger partial charge >= 0.3 is 0 Å². The van der Waals surface area contributed by atoms with Crippen molar-refractivity contribution < 1.29 is 0 Å². The van der Waals surface area contributed by atoms with Crippen molar-refractivity contribution in [3.8, 4) is 0 Å². The second-order valence-electron chi connectivity index (χ2n) is 5.08. The Balaban J connectivity index is 2.05. The lowest BCUT2D eigenvalue weighted by molar-refractivity contribution is 0.236. The smallest absolute Gasteiger partial charge is 0.00962 e. The average Bonchev–Trinajstić information content (AvgIpc) is 2.74. The minimum atomic E-state index is 0.898. The zero-order valence-electron chi connectivity index (χ0n) is 11.3. The molecule has 1 saturated heterocycles. The van der Waals surface area contributed by atoms with Crippen molar-refractivity contribution in [2.24, 2.45) is 0 Å². The Bertz CT molecular complexity index is 159. The minimum Gasteiger partial charge on any atom is -0.317 e. The van der Waals surface area contributed by atoms with Crippen LogP contribution in [0, 0.1) is 0 Å². The number of hydrogen-bond donors (Lipinski definition) is 1. The Morgan fingerprint density at radius 3 is 2.75 bits per heavy atom. The molecule has 1 aliphatic heterocycles. The molecule has 0 radical (unpaired) electrons. The van der Waals surface area contributed by atoms with E-state index in [0.29, 0.717) is 0 Å². The Hall–Kier alpha value is -0.0800. The lowest BCUT2D eigenvalue weighted by Crippen LogP contribution is -2.31. The van der Waals surface area contributed by atoms with Crippen LogP contribution in [0.25, 0.3) is 0 Å². The molecule has 0 saturated carbocycles. The largest absolute Gasteiger partial charge is 0.317 e. The SMILES string of the molecule is CCCCN1CCC[C@H]1CCCNCCC. The van der Waals surface area contributed by atoms with Crippen molar-refractivity contribution in [1.29, 1.82) is 0 Å². The van der Waals surface area contributed by atoms with Crippen molar-refractivity contribution in [2.75, 3.05) is 26.2 Å². The molecule has 0 aliphatic carbocycles. The average molecular weight is 226 g/mol. The summed E-state index contributed by atoms with van der Waals surface area (Å²) in [6.07, 6.45) is 9.60. The summed E-state index contributed by atoms with van der Waals surface area (Å²) in [5.41, 5.74) is 0. The number of nitrogens with zero attached hydrogens (tertiary/aromatic N) is 1. The van der Waals surface area contributed by atoms with Crippen molar-refractivity contribution in [3.63, 3.8) is 0 Å². The molecule has 0 amide bonds. The quantitative estimate of drug-likeness (QED) is 0.608. The summed E-state index contributed by atoms with van der Waals surface area (Å²) in [4.78, 5) is 2.73. The fourth-order valence-electron chi connectivity index (χ4n) is 2.64. The van der Waals surface area contributed by atoms with Crippen LogP contribution in [0.5, 0.6) is 0 Å². The molecule has 1 N–H and O–H groups in total. The van der Waals surface area contributed by atoms with E-state index in [1.165, 1.54) is 71.1 Å². The van der Waals surface area contributed by atoms with Gasteiger partial charge in [0.15, 0.2) is 0 Å². The molecular formula is C14H30N2. The Kier molecular flexibility index (Phi) is 7.87. The van der Waals surface area contributed by atoms with Crippen LogP contribution in [0.4, 0.5) is 0 Å². The van der Waals surface area contributed by atoms with E-state index < -0.39 is 0 Å². The third-order valence-electron chi connectivity index (χ3n) is 3.62. The topological polar surface area (TPSA) is 15.3 Å². The van der Waals surface area contributed by atoms with E-state index in [1.54, 1.807) is 0 Å². The molecule has 0 aromatic carbocycles. The second kappa shape index (κ2) is 9.00. The molecule has 0 aromatic rings. The van der Waals surface area contributed by atoms with Gasteiger partial charge in [-0.25, -0.2) is 0 Å². The van der Waals surface area contributed by atoms with Gasteiger partial charge < -0.3 is 10.2 Å². The van der Waals surface area contributed by atoms with E-state index in [0.717, 1.165) is 6.04 Å². The Morgan fingerprint density at radius 1 is 1.12 bits per heavy atom. The maximum Gasteiger partial charge on any atom is 0.00962 e. The molecule has 2 heteroatoms. The predicted octanol–water partition coefficient (Wildman–Crippen LogP) is 3.03. The lowest BCUT2D eigenvalue weighted by atomic mass is 10.1. The number of unbranched alkanes of at least 4 members (excludes halogenated alkanes) is 1. The third-order valence-corrected chi connectivity index (χ3v) is 3.62. The van der Waals surface area contributed by atoms with Crippen LogP contribution < -0.4 is 5.32 Å². The molecule has 16 heavy (non-hydrogen) atoms. The first-order valence-electron chi connectivity index (χ1n) is 7.33. The Labute approximate surface area is 102 Å². The second-order valence-corrected chi connectivity index (χ2v) is 5.08. The highest BCUT2D eigenvalue weighted by atomic mass is 15.2. The summed E-state index contributed by atoms with van der Waals surface area (Å²) >= 11 is 0. The fourth-order valence-corrected chi connectivity index (χ4v) is 2.64. The monoisotopic (exact) mass is 226 g/mol. The number of rotatable bonds is 9. The van der Waals surface area contributed by atoms with Crippen LogP contribution in [0.2, 0.25) is 0 Å². The highest BCUT2D eigenvalue weighted by Gasteiger charge is 2.22. The lowest BCUT2D eigenvalue weighted by Gasteiger charge is -2.24. The van der Waals surface area contributed by atoms with Gasteiger partial charge in [-0.3, -0.25) is 0 Å². The predicted molar refractivity (Wildman–Crippen MR) is 71.9 cm³/mol. The van der Waals surface area contributed by atoms with Gasteiger partial charge in [0, 0.05) is 6.04 Å². The summed E-state index contributed by atoms with van der Waals surface area (Å²) in [5, 5.41) is 3.50. The van der Waals surface area contributed by atoms with Crippen molar-refractivity contribution in [1.82, 2.24) is 10.2 Å². The highest BCUT2D eigenvalue weighted by Crippen LogP contribution is 2.21. The molecule has 2 nitrogen and oxygen atoms in total. The summed E-state index contributed by atoms with van der Waals surface area (Å²) in [7, 11) is 0. The van der Waals surface area contributed by atoms with Gasteiger partial charge in [0.25, 0.3) is 0 Å². The van der Waals surface area contributed by atoms with Crippen molar-refractivity contribution in [3.05, 3.63) is 0 Å². The zero-order valence-corrected chi connectivity index (χ0v) is 11.3. The van der Waals surface area contributed by atoms with Gasteiger partial charge in [-0.05, 0) is 64.7 Å². The first-order chi connectivity index (χ1) is 7.88. The van der Waals surface area contributed by atoms with E-state index in [9.17, 15) is 0 Å². The zero-order chi connectivity index (χ0) is 11.6. The van der Waals surface area contributed by atoms with E-state index in [1.807, 2.05) is 0 Å². The van der Waals surface area contributed by atoms with Gasteiger partial charge in [-0.2, -0.15) is 0 Å². The molecule has 1 fully saturated rings. The summed E-state index contributed by atoms with van der Waals surface area (Å²) in [5.74, 6) is 0. The van der Waals surface area contributed by atoms with Gasteiger partial charge in [0.05, 0.1) is 0 Å². The van der Waals surface area contributed by atoms with E-state index in [-0.39, 0.29) is 0 Å². The van der Waals surface area contributed by atoms with Crippen LogP contribution >= 0.6 is 0 Å². The van der Waals surface area contributed by atoms with Crippen LogP contribution in [0.3, 0.4) is 0 Å². The first kappa shape index (κ1) is 14.0. The molecule has 1 rings (SSSR count). The molecule has 0 unspecified atom stereocenters. The maximum atomic E-state index is 3.50. The molecule has 0 aromatic heterocycles. The van der Waals surface area contributed by atoms with Gasteiger partial charge in [-0.15, -0.1) is 0 Å². The van der Waals surface area contributed by atoms with Crippen LogP contribution in [-0.4, -0.2) is 37.1 Å². The maximum absolute atomic E-state index is 3.50. The molecule has 1 aliphatic rings. The van der Waals surface area contributed by atoms with E-state index in [2.05, 4.69) is 24.1 Å². The third kappa shape index (κ3) is 5.31. The van der Waals surface area contributed by atoms with Gasteiger partial charge in [-0.1, -0.05) is 20.3 Å². The number of likely N-dealkylation sites (tertiary alicyclic amines) is 1. The molecular weight excluding hydrogens is 196 g/mol. The molecule has 96 valence electrons. The Morgan fingerprint density at radius 2 is 2.00 bits per heavy atom. The van der Waals surface area contributed by atoms with Crippen molar-refractivity contribution >= 4 is 0 Å². The number of nitrogens with one attached hydrogen (secondary N) is 1. The highest BCUT2D eigenvalue weighted by molar-refractivity contribution is 4.78. The van der Waals surface area contributed by atoms with Gasteiger partial charge in [0.2, 0.25) is 0 Å². The summed E-state index contributed by atoms with van der Waals surface area (Å²) in [6.45, 7) is 9.61. The van der Waals surface area contributed by atoms with Crippen LogP contribution in [-0.2, 0) is 0 Å². The van der Waals surface area contributed by atoms with Crippen molar-refractivity contribution in [2.45, 2.75) is 64.8 Å².